The van der Waals surface area contributed by atoms with Gasteiger partial charge in [0.15, 0.2) is 0 Å². The number of hydrogen-bond donors (Lipinski definition) is 2. The molecule has 7 nitrogen and oxygen atoms in total. The fourth-order valence-electron chi connectivity index (χ4n) is 2.30. The van der Waals surface area contributed by atoms with Crippen molar-refractivity contribution in [2.24, 2.45) is 5.73 Å². The normalized spacial score (nSPS) is 11.5. The van der Waals surface area contributed by atoms with E-state index in [1.165, 1.54) is 29.6 Å². The van der Waals surface area contributed by atoms with Crippen LogP contribution in [0.4, 0.5) is 0 Å². The van der Waals surface area contributed by atoms with E-state index in [-0.39, 0.29) is 16.4 Å². The molecule has 3 N–H and O–H groups in total. The van der Waals surface area contributed by atoms with E-state index in [0.29, 0.717) is 31.9 Å². The van der Waals surface area contributed by atoms with Gasteiger partial charge in [0.2, 0.25) is 10.0 Å². The predicted octanol–water partition coefficient (Wildman–Crippen LogP) is 1.19. The fourth-order valence-corrected chi connectivity index (χ4v) is 3.79. The molecule has 136 valence electrons. The number of benzene rings is 1. The highest BCUT2D eigenvalue weighted by molar-refractivity contribution is 7.89. The summed E-state index contributed by atoms with van der Waals surface area (Å²) in [6.07, 6.45) is 1.58. The summed E-state index contributed by atoms with van der Waals surface area (Å²) in [5, 5.41) is 2.76. The minimum atomic E-state index is -3.63. The van der Waals surface area contributed by atoms with Crippen molar-refractivity contribution in [2.75, 3.05) is 33.3 Å². The van der Waals surface area contributed by atoms with Gasteiger partial charge in [0, 0.05) is 19.6 Å². The molecule has 0 bridgehead atoms. The Morgan fingerprint density at radius 1 is 1.25 bits per heavy atom. The molecule has 0 aliphatic heterocycles. The standard InChI is InChI=1S/C16H27N3O4S/c1-4-19(5-2)24(21,22)13-8-9-15(23-3)14(12-13)16(20)18-11-7-6-10-17/h8-9,12H,4-7,10-11,17H2,1-3H3,(H,18,20). The molecule has 0 saturated heterocycles. The molecule has 0 radical (unpaired) electrons. The van der Waals surface area contributed by atoms with E-state index in [1.807, 2.05) is 0 Å². The van der Waals surface area contributed by atoms with Crippen LogP contribution in [-0.4, -0.2) is 51.9 Å². The van der Waals surface area contributed by atoms with Gasteiger partial charge in [0.05, 0.1) is 17.6 Å². The smallest absolute Gasteiger partial charge is 0.255 e. The molecule has 0 unspecified atom stereocenters. The van der Waals surface area contributed by atoms with E-state index in [4.69, 9.17) is 10.5 Å². The zero-order valence-corrected chi connectivity index (χ0v) is 15.4. The van der Waals surface area contributed by atoms with Gasteiger partial charge in [-0.15, -0.1) is 0 Å². The minimum Gasteiger partial charge on any atom is -0.496 e. The van der Waals surface area contributed by atoms with Gasteiger partial charge in [-0.25, -0.2) is 8.42 Å². The second-order valence-electron chi connectivity index (χ2n) is 5.20. The van der Waals surface area contributed by atoms with E-state index in [0.717, 1.165) is 12.8 Å². The molecule has 0 heterocycles. The van der Waals surface area contributed by atoms with Crippen LogP contribution >= 0.6 is 0 Å². The number of hydrogen-bond acceptors (Lipinski definition) is 5. The van der Waals surface area contributed by atoms with Crippen molar-refractivity contribution in [3.8, 4) is 5.75 Å². The first kappa shape index (κ1) is 20.4. The summed E-state index contributed by atoms with van der Waals surface area (Å²) in [6.45, 7) is 5.32. The Balaban J connectivity index is 3.10. The third-order valence-corrected chi connectivity index (χ3v) is 5.72. The number of nitrogens with zero attached hydrogens (tertiary/aromatic N) is 1. The molecule has 0 fully saturated rings. The number of carbonyl (C=O) groups excluding carboxylic acids is 1. The van der Waals surface area contributed by atoms with Gasteiger partial charge in [-0.05, 0) is 37.6 Å². The van der Waals surface area contributed by atoms with E-state index in [1.54, 1.807) is 13.8 Å². The van der Waals surface area contributed by atoms with Crippen LogP contribution in [0.25, 0.3) is 0 Å². The van der Waals surface area contributed by atoms with E-state index >= 15 is 0 Å². The maximum atomic E-state index is 12.6. The monoisotopic (exact) mass is 357 g/mol. The molecule has 0 aliphatic carbocycles. The number of methoxy groups -OCH3 is 1. The SMILES string of the molecule is CCN(CC)S(=O)(=O)c1ccc(OC)c(C(=O)NCCCCN)c1. The van der Waals surface area contributed by atoms with Crippen LogP contribution in [0.15, 0.2) is 23.1 Å². The van der Waals surface area contributed by atoms with Crippen molar-refractivity contribution in [2.45, 2.75) is 31.6 Å². The highest BCUT2D eigenvalue weighted by Crippen LogP contribution is 2.24. The van der Waals surface area contributed by atoms with E-state index in [9.17, 15) is 13.2 Å². The molecule has 0 atom stereocenters. The summed E-state index contributed by atoms with van der Waals surface area (Å²) >= 11 is 0. The first-order valence-electron chi connectivity index (χ1n) is 8.08. The maximum Gasteiger partial charge on any atom is 0.255 e. The lowest BCUT2D eigenvalue weighted by Gasteiger charge is -2.19. The van der Waals surface area contributed by atoms with Crippen molar-refractivity contribution >= 4 is 15.9 Å². The number of unbranched alkanes of at least 4 members (excludes halogenated alkanes) is 1. The van der Waals surface area contributed by atoms with Crippen molar-refractivity contribution in [1.29, 1.82) is 0 Å². The Hall–Kier alpha value is -1.64. The highest BCUT2D eigenvalue weighted by Gasteiger charge is 2.24. The van der Waals surface area contributed by atoms with Crippen LogP contribution in [0.5, 0.6) is 5.75 Å². The first-order chi connectivity index (χ1) is 11.4. The Labute approximate surface area is 144 Å². The Morgan fingerprint density at radius 2 is 1.92 bits per heavy atom. The molecule has 0 aliphatic rings. The number of carbonyl (C=O) groups is 1. The Kier molecular flexibility index (Phi) is 8.17. The predicted molar refractivity (Wildman–Crippen MR) is 93.7 cm³/mol. The molecule has 1 aromatic rings. The average molecular weight is 357 g/mol. The molecule has 1 aromatic carbocycles. The van der Waals surface area contributed by atoms with Crippen LogP contribution in [0.2, 0.25) is 0 Å². The fraction of sp³-hybridized carbons (Fsp3) is 0.562. The van der Waals surface area contributed by atoms with Crippen LogP contribution in [0, 0.1) is 0 Å². The van der Waals surface area contributed by atoms with Crippen LogP contribution in [0.3, 0.4) is 0 Å². The third-order valence-electron chi connectivity index (χ3n) is 3.68. The Morgan fingerprint density at radius 3 is 2.46 bits per heavy atom. The summed E-state index contributed by atoms with van der Waals surface area (Å²) in [4.78, 5) is 12.4. The molecule has 1 amide bonds. The number of sulfonamides is 1. The lowest BCUT2D eigenvalue weighted by atomic mass is 10.2. The Bertz CT molecular complexity index is 643. The molecule has 0 spiro atoms. The average Bonchev–Trinajstić information content (AvgIpc) is 2.58. The number of nitrogens with one attached hydrogen (secondary N) is 1. The zero-order valence-electron chi connectivity index (χ0n) is 14.5. The number of ether oxygens (including phenoxy) is 1. The summed E-state index contributed by atoms with van der Waals surface area (Å²) < 4.78 is 31.7. The third kappa shape index (κ3) is 4.93. The topological polar surface area (TPSA) is 102 Å². The summed E-state index contributed by atoms with van der Waals surface area (Å²) in [5.41, 5.74) is 5.63. The zero-order chi connectivity index (χ0) is 18.2. The van der Waals surface area contributed by atoms with Gasteiger partial charge in [-0.2, -0.15) is 4.31 Å². The maximum absolute atomic E-state index is 12.6. The summed E-state index contributed by atoms with van der Waals surface area (Å²) in [7, 11) is -2.19. The van der Waals surface area contributed by atoms with Crippen molar-refractivity contribution in [1.82, 2.24) is 9.62 Å². The van der Waals surface area contributed by atoms with Crippen LogP contribution in [0.1, 0.15) is 37.0 Å². The van der Waals surface area contributed by atoms with E-state index < -0.39 is 10.0 Å². The van der Waals surface area contributed by atoms with Gasteiger partial charge in [0.1, 0.15) is 5.75 Å². The summed E-state index contributed by atoms with van der Waals surface area (Å²) in [6, 6.07) is 4.33. The first-order valence-corrected chi connectivity index (χ1v) is 9.52. The lowest BCUT2D eigenvalue weighted by molar-refractivity contribution is 0.0950. The summed E-state index contributed by atoms with van der Waals surface area (Å²) in [5.74, 6) is -0.0229. The van der Waals surface area contributed by atoms with Crippen molar-refractivity contribution < 1.29 is 17.9 Å². The molecule has 24 heavy (non-hydrogen) atoms. The molecular weight excluding hydrogens is 330 g/mol. The van der Waals surface area contributed by atoms with Gasteiger partial charge >= 0.3 is 0 Å². The van der Waals surface area contributed by atoms with Gasteiger partial charge < -0.3 is 15.8 Å². The van der Waals surface area contributed by atoms with Gasteiger partial charge in [-0.3, -0.25) is 4.79 Å². The molecular formula is C16H27N3O4S. The molecule has 8 heteroatoms. The van der Waals surface area contributed by atoms with Crippen LogP contribution in [-0.2, 0) is 10.0 Å². The lowest BCUT2D eigenvalue weighted by Crippen LogP contribution is -2.31. The van der Waals surface area contributed by atoms with Crippen molar-refractivity contribution in [3.05, 3.63) is 23.8 Å². The highest BCUT2D eigenvalue weighted by atomic mass is 32.2. The van der Waals surface area contributed by atoms with E-state index in [2.05, 4.69) is 5.32 Å². The van der Waals surface area contributed by atoms with Crippen molar-refractivity contribution in [3.63, 3.8) is 0 Å². The molecule has 0 aromatic heterocycles. The number of nitrogens with two attached hydrogens (primary N) is 1. The minimum absolute atomic E-state index is 0.0825. The molecule has 1 rings (SSSR count). The second-order valence-corrected chi connectivity index (χ2v) is 7.14. The number of amides is 1. The van der Waals surface area contributed by atoms with Gasteiger partial charge in [0.25, 0.3) is 5.91 Å². The molecule has 0 saturated carbocycles. The van der Waals surface area contributed by atoms with Gasteiger partial charge in [-0.1, -0.05) is 13.8 Å². The largest absolute Gasteiger partial charge is 0.496 e. The quantitative estimate of drug-likeness (QED) is 0.613. The second kappa shape index (κ2) is 9.61. The van der Waals surface area contributed by atoms with Crippen LogP contribution < -0.4 is 15.8 Å². The number of rotatable bonds is 10.